The lowest BCUT2D eigenvalue weighted by molar-refractivity contribution is 0.0845. The summed E-state index contributed by atoms with van der Waals surface area (Å²) in [6, 6.07) is 16.6. The van der Waals surface area contributed by atoms with E-state index in [-0.39, 0.29) is 5.78 Å². The number of carbonyl (C=O) groups is 1. The maximum Gasteiger partial charge on any atom is 0.178 e. The van der Waals surface area contributed by atoms with Gasteiger partial charge in [0.2, 0.25) is 0 Å². The zero-order valence-electron chi connectivity index (χ0n) is 15.2. The van der Waals surface area contributed by atoms with Crippen LogP contribution in [-0.2, 0) is 6.54 Å². The third-order valence-corrected chi connectivity index (χ3v) is 5.38. The molecule has 26 heavy (non-hydrogen) atoms. The monoisotopic (exact) mass is 347 g/mol. The number of rotatable bonds is 5. The molecule has 1 aromatic heterocycles. The molecule has 134 valence electrons. The highest BCUT2D eigenvalue weighted by Gasteiger charge is 2.21. The van der Waals surface area contributed by atoms with Gasteiger partial charge in [0.05, 0.1) is 6.54 Å². The highest BCUT2D eigenvalue weighted by Crippen LogP contribution is 2.19. The molecule has 1 aliphatic rings. The quantitative estimate of drug-likeness (QED) is 0.718. The Hall–Kier alpha value is -2.43. The average molecular weight is 347 g/mol. The van der Waals surface area contributed by atoms with Gasteiger partial charge in [-0.15, -0.1) is 0 Å². The molecule has 3 aromatic rings. The number of Topliss-reactive ketones (excluding diaryl/α,β-unsaturated/α-hetero) is 1. The van der Waals surface area contributed by atoms with Crippen LogP contribution in [0.25, 0.3) is 10.9 Å². The van der Waals surface area contributed by atoms with Crippen LogP contribution < -0.4 is 0 Å². The van der Waals surface area contributed by atoms with E-state index in [4.69, 9.17) is 0 Å². The van der Waals surface area contributed by atoms with Crippen molar-refractivity contribution in [2.75, 3.05) is 32.7 Å². The summed E-state index contributed by atoms with van der Waals surface area (Å²) in [5, 5.41) is 1.02. The number of ketones is 1. The number of aromatic amines is 1. The number of hydrogen-bond acceptors (Lipinski definition) is 3. The zero-order valence-corrected chi connectivity index (χ0v) is 15.2. The third kappa shape index (κ3) is 3.57. The molecule has 0 aliphatic carbocycles. The average Bonchev–Trinajstić information content (AvgIpc) is 3.09. The smallest absolute Gasteiger partial charge is 0.178 e. The molecule has 0 atom stereocenters. The molecule has 0 spiro atoms. The minimum atomic E-state index is 0.204. The van der Waals surface area contributed by atoms with E-state index in [0.29, 0.717) is 6.54 Å². The Balaban J connectivity index is 1.34. The van der Waals surface area contributed by atoms with Gasteiger partial charge in [-0.05, 0) is 24.1 Å². The second kappa shape index (κ2) is 7.44. The molecule has 1 fully saturated rings. The summed E-state index contributed by atoms with van der Waals surface area (Å²) < 4.78 is 0. The van der Waals surface area contributed by atoms with E-state index in [1.165, 1.54) is 11.1 Å². The topological polar surface area (TPSA) is 39.3 Å². The van der Waals surface area contributed by atoms with Crippen LogP contribution in [0.15, 0.2) is 54.7 Å². The molecule has 0 amide bonds. The predicted octanol–water partition coefficient (Wildman–Crippen LogP) is 3.48. The number of fused-ring (bicyclic) bond motifs is 1. The van der Waals surface area contributed by atoms with Crippen LogP contribution in [0.3, 0.4) is 0 Å². The van der Waals surface area contributed by atoms with Gasteiger partial charge < -0.3 is 4.98 Å². The number of hydrogen-bond donors (Lipinski definition) is 1. The Morgan fingerprint density at radius 2 is 1.65 bits per heavy atom. The summed E-state index contributed by atoms with van der Waals surface area (Å²) in [5.74, 6) is 0.204. The van der Waals surface area contributed by atoms with Crippen LogP contribution in [0.4, 0.5) is 0 Å². The molecule has 0 bridgehead atoms. The number of nitrogens with zero attached hydrogens (tertiary/aromatic N) is 2. The van der Waals surface area contributed by atoms with Gasteiger partial charge in [-0.3, -0.25) is 14.6 Å². The van der Waals surface area contributed by atoms with Crippen LogP contribution in [0.5, 0.6) is 0 Å². The first-order chi connectivity index (χ1) is 12.7. The summed E-state index contributed by atoms with van der Waals surface area (Å²) in [4.78, 5) is 20.7. The van der Waals surface area contributed by atoms with Gasteiger partial charge in [0.15, 0.2) is 5.78 Å². The van der Waals surface area contributed by atoms with E-state index in [1.54, 1.807) is 0 Å². The number of aromatic nitrogens is 1. The molecule has 0 unspecified atom stereocenters. The number of carbonyl (C=O) groups excluding carboxylic acids is 1. The van der Waals surface area contributed by atoms with Crippen LogP contribution >= 0.6 is 0 Å². The Kier molecular flexibility index (Phi) is 4.87. The van der Waals surface area contributed by atoms with Crippen molar-refractivity contribution >= 4 is 16.7 Å². The lowest BCUT2D eigenvalue weighted by Crippen LogP contribution is -2.47. The molecule has 0 saturated carbocycles. The number of piperazine rings is 1. The van der Waals surface area contributed by atoms with Gasteiger partial charge in [-0.25, -0.2) is 0 Å². The van der Waals surface area contributed by atoms with Crippen LogP contribution in [0.1, 0.15) is 21.5 Å². The largest absolute Gasteiger partial charge is 0.360 e. The fourth-order valence-corrected chi connectivity index (χ4v) is 3.72. The molecule has 1 aliphatic heterocycles. The SMILES string of the molecule is Cc1ccccc1CN1CCN(CC(=O)c2c[nH]c3ccccc23)CC1. The van der Waals surface area contributed by atoms with Crippen LogP contribution in [-0.4, -0.2) is 53.3 Å². The first-order valence-corrected chi connectivity index (χ1v) is 9.29. The van der Waals surface area contributed by atoms with Crippen molar-refractivity contribution in [1.29, 1.82) is 0 Å². The van der Waals surface area contributed by atoms with Crippen LogP contribution in [0.2, 0.25) is 0 Å². The summed E-state index contributed by atoms with van der Waals surface area (Å²) in [6.07, 6.45) is 1.85. The first kappa shape index (κ1) is 17.0. The Morgan fingerprint density at radius 1 is 0.962 bits per heavy atom. The van der Waals surface area contributed by atoms with Crippen molar-refractivity contribution in [3.8, 4) is 0 Å². The van der Waals surface area contributed by atoms with Gasteiger partial charge >= 0.3 is 0 Å². The maximum absolute atomic E-state index is 12.7. The maximum atomic E-state index is 12.7. The van der Waals surface area contributed by atoms with Crippen molar-refractivity contribution in [2.45, 2.75) is 13.5 Å². The highest BCUT2D eigenvalue weighted by atomic mass is 16.1. The van der Waals surface area contributed by atoms with Gasteiger partial charge in [0, 0.05) is 55.4 Å². The molecule has 2 aromatic carbocycles. The van der Waals surface area contributed by atoms with Crippen molar-refractivity contribution in [1.82, 2.24) is 14.8 Å². The van der Waals surface area contributed by atoms with Crippen molar-refractivity contribution < 1.29 is 4.79 Å². The Labute approximate surface area is 154 Å². The predicted molar refractivity (Wildman–Crippen MR) is 106 cm³/mol. The van der Waals surface area contributed by atoms with Crippen molar-refractivity contribution in [2.24, 2.45) is 0 Å². The third-order valence-electron chi connectivity index (χ3n) is 5.38. The molecular formula is C22H25N3O. The van der Waals surface area contributed by atoms with E-state index >= 15 is 0 Å². The van der Waals surface area contributed by atoms with E-state index in [0.717, 1.165) is 49.2 Å². The number of benzene rings is 2. The van der Waals surface area contributed by atoms with Gasteiger partial charge in [0.1, 0.15) is 0 Å². The fourth-order valence-electron chi connectivity index (χ4n) is 3.72. The normalized spacial score (nSPS) is 16.2. The molecule has 0 radical (unpaired) electrons. The number of H-pyrrole nitrogens is 1. The Bertz CT molecular complexity index is 906. The molecular weight excluding hydrogens is 322 g/mol. The first-order valence-electron chi connectivity index (χ1n) is 9.29. The molecule has 4 nitrogen and oxygen atoms in total. The second-order valence-electron chi connectivity index (χ2n) is 7.15. The summed E-state index contributed by atoms with van der Waals surface area (Å²) >= 11 is 0. The molecule has 1 saturated heterocycles. The second-order valence-corrected chi connectivity index (χ2v) is 7.15. The van der Waals surface area contributed by atoms with E-state index in [9.17, 15) is 4.79 Å². The van der Waals surface area contributed by atoms with Gasteiger partial charge in [-0.2, -0.15) is 0 Å². The van der Waals surface area contributed by atoms with E-state index in [1.807, 2.05) is 30.5 Å². The van der Waals surface area contributed by atoms with Crippen molar-refractivity contribution in [3.63, 3.8) is 0 Å². The summed E-state index contributed by atoms with van der Waals surface area (Å²) in [6.45, 7) is 7.58. The van der Waals surface area contributed by atoms with E-state index < -0.39 is 0 Å². The molecule has 1 N–H and O–H groups in total. The lowest BCUT2D eigenvalue weighted by atomic mass is 10.1. The van der Waals surface area contributed by atoms with Gasteiger partial charge in [0.25, 0.3) is 0 Å². The minimum absolute atomic E-state index is 0.204. The number of nitrogens with one attached hydrogen (secondary N) is 1. The highest BCUT2D eigenvalue weighted by molar-refractivity contribution is 6.08. The summed E-state index contributed by atoms with van der Waals surface area (Å²) in [7, 11) is 0. The zero-order chi connectivity index (χ0) is 17.9. The standard InChI is InChI=1S/C22H25N3O/c1-17-6-2-3-7-18(17)15-24-10-12-25(13-11-24)16-22(26)20-14-23-21-9-5-4-8-19(20)21/h2-9,14,23H,10-13,15-16H2,1H3. The number of aryl methyl sites for hydroxylation is 1. The minimum Gasteiger partial charge on any atom is -0.360 e. The summed E-state index contributed by atoms with van der Waals surface area (Å²) in [5.41, 5.74) is 4.59. The van der Waals surface area contributed by atoms with Gasteiger partial charge in [-0.1, -0.05) is 42.5 Å². The number of para-hydroxylation sites is 1. The fraction of sp³-hybridized carbons (Fsp3) is 0.318. The molecule has 4 heteroatoms. The van der Waals surface area contributed by atoms with Crippen molar-refractivity contribution in [3.05, 3.63) is 71.4 Å². The van der Waals surface area contributed by atoms with Crippen LogP contribution in [0, 0.1) is 6.92 Å². The lowest BCUT2D eigenvalue weighted by Gasteiger charge is -2.34. The molecule has 2 heterocycles. The molecule has 4 rings (SSSR count). The van der Waals surface area contributed by atoms with E-state index in [2.05, 4.69) is 46.0 Å². The Morgan fingerprint density at radius 3 is 2.46 bits per heavy atom.